The molecule has 1 aromatic rings. The summed E-state index contributed by atoms with van der Waals surface area (Å²) < 4.78 is 11.3. The number of hydrogen-bond donors (Lipinski definition) is 1. The van der Waals surface area contributed by atoms with E-state index in [1.807, 2.05) is 19.1 Å². The average molecular weight is 321 g/mol. The van der Waals surface area contributed by atoms with E-state index in [1.165, 1.54) is 0 Å². The normalized spacial score (nSPS) is 17.7. The number of carbonyl (C=O) groups is 1. The zero-order chi connectivity index (χ0) is 16.8. The second-order valence-corrected chi connectivity index (χ2v) is 6.21. The number of piperidine rings is 1. The maximum atomic E-state index is 11.0. The van der Waals surface area contributed by atoms with Crippen molar-refractivity contribution in [3.63, 3.8) is 0 Å². The number of hydrogen-bond acceptors (Lipinski definition) is 4. The summed E-state index contributed by atoms with van der Waals surface area (Å²) in [6.07, 6.45) is 2.55. The van der Waals surface area contributed by atoms with E-state index in [4.69, 9.17) is 14.6 Å². The molecule has 1 N–H and O–H groups in total. The minimum atomic E-state index is -0.669. The van der Waals surface area contributed by atoms with Gasteiger partial charge >= 0.3 is 5.97 Å². The molecule has 1 atom stereocenters. The van der Waals surface area contributed by atoms with Crippen LogP contribution < -0.4 is 9.47 Å². The summed E-state index contributed by atoms with van der Waals surface area (Å²) in [7, 11) is 1.65. The molecule has 0 amide bonds. The number of methoxy groups -OCH3 is 1. The first-order valence-corrected chi connectivity index (χ1v) is 8.32. The third kappa shape index (κ3) is 4.86. The SMILES string of the molecule is CCC(C)Oc1ccc(CN2CCC(C(=O)O)CC2)cc1OC. The van der Waals surface area contributed by atoms with Gasteiger partial charge < -0.3 is 14.6 Å². The third-order valence-corrected chi connectivity index (χ3v) is 4.47. The minimum Gasteiger partial charge on any atom is -0.493 e. The first-order valence-electron chi connectivity index (χ1n) is 8.32. The molecule has 1 aliphatic heterocycles. The van der Waals surface area contributed by atoms with Crippen LogP contribution in [0.4, 0.5) is 0 Å². The fourth-order valence-electron chi connectivity index (χ4n) is 2.80. The van der Waals surface area contributed by atoms with Crippen molar-refractivity contribution in [2.45, 2.75) is 45.8 Å². The lowest BCUT2D eigenvalue weighted by Crippen LogP contribution is -2.35. The minimum absolute atomic E-state index is 0.157. The Bertz CT molecular complexity index is 524. The van der Waals surface area contributed by atoms with Gasteiger partial charge in [0, 0.05) is 6.54 Å². The maximum absolute atomic E-state index is 11.0. The molecule has 1 unspecified atom stereocenters. The Morgan fingerprint density at radius 3 is 2.61 bits per heavy atom. The van der Waals surface area contributed by atoms with Gasteiger partial charge in [-0.3, -0.25) is 9.69 Å². The van der Waals surface area contributed by atoms with Crippen molar-refractivity contribution in [1.82, 2.24) is 4.90 Å². The lowest BCUT2D eigenvalue weighted by atomic mass is 9.97. The highest BCUT2D eigenvalue weighted by Crippen LogP contribution is 2.30. The Kier molecular flexibility index (Phi) is 6.28. The van der Waals surface area contributed by atoms with Crippen molar-refractivity contribution >= 4 is 5.97 Å². The van der Waals surface area contributed by atoms with Crippen LogP contribution >= 0.6 is 0 Å². The van der Waals surface area contributed by atoms with Crippen LogP contribution in [0.5, 0.6) is 11.5 Å². The highest BCUT2D eigenvalue weighted by molar-refractivity contribution is 5.70. The van der Waals surface area contributed by atoms with Gasteiger partial charge in [-0.15, -0.1) is 0 Å². The number of likely N-dealkylation sites (tertiary alicyclic amines) is 1. The largest absolute Gasteiger partial charge is 0.493 e. The van der Waals surface area contributed by atoms with Gasteiger partial charge in [-0.05, 0) is 57.0 Å². The second kappa shape index (κ2) is 8.20. The van der Waals surface area contributed by atoms with Crippen LogP contribution in [0.15, 0.2) is 18.2 Å². The Morgan fingerprint density at radius 2 is 2.04 bits per heavy atom. The van der Waals surface area contributed by atoms with E-state index in [9.17, 15) is 4.79 Å². The quantitative estimate of drug-likeness (QED) is 0.836. The van der Waals surface area contributed by atoms with Crippen LogP contribution in [-0.2, 0) is 11.3 Å². The molecule has 2 rings (SSSR count). The van der Waals surface area contributed by atoms with Crippen LogP contribution in [0, 0.1) is 5.92 Å². The van der Waals surface area contributed by atoms with E-state index in [1.54, 1.807) is 7.11 Å². The lowest BCUT2D eigenvalue weighted by molar-refractivity contribution is -0.143. The van der Waals surface area contributed by atoms with Gasteiger partial charge in [0.05, 0.1) is 19.1 Å². The molecule has 1 aromatic carbocycles. The van der Waals surface area contributed by atoms with Crippen LogP contribution in [0.3, 0.4) is 0 Å². The summed E-state index contributed by atoms with van der Waals surface area (Å²) in [5, 5.41) is 9.06. The number of nitrogens with zero attached hydrogens (tertiary/aromatic N) is 1. The van der Waals surface area contributed by atoms with Crippen LogP contribution in [0.25, 0.3) is 0 Å². The highest BCUT2D eigenvalue weighted by atomic mass is 16.5. The molecule has 128 valence electrons. The summed E-state index contributed by atoms with van der Waals surface area (Å²) in [6.45, 7) is 6.59. The number of aliphatic carboxylic acids is 1. The van der Waals surface area contributed by atoms with E-state index in [2.05, 4.69) is 17.9 Å². The number of benzene rings is 1. The number of carboxylic acid groups (broad SMARTS) is 1. The molecule has 5 nitrogen and oxygen atoms in total. The molecule has 0 bridgehead atoms. The van der Waals surface area contributed by atoms with Crippen molar-refractivity contribution in [2.24, 2.45) is 5.92 Å². The van der Waals surface area contributed by atoms with E-state index in [0.29, 0.717) is 0 Å². The number of rotatable bonds is 7. The molecule has 1 saturated heterocycles. The topological polar surface area (TPSA) is 59.0 Å². The van der Waals surface area contributed by atoms with Crippen LogP contribution in [0.1, 0.15) is 38.7 Å². The molecule has 5 heteroatoms. The second-order valence-electron chi connectivity index (χ2n) is 6.21. The van der Waals surface area contributed by atoms with Crippen LogP contribution in [-0.4, -0.2) is 42.3 Å². The molecule has 0 spiro atoms. The molecule has 1 aliphatic rings. The van der Waals surface area contributed by atoms with Gasteiger partial charge in [-0.2, -0.15) is 0 Å². The van der Waals surface area contributed by atoms with Gasteiger partial charge in [0.1, 0.15) is 0 Å². The van der Waals surface area contributed by atoms with Gasteiger partial charge in [0.25, 0.3) is 0 Å². The van der Waals surface area contributed by atoms with Gasteiger partial charge in [-0.25, -0.2) is 0 Å². The Hall–Kier alpha value is -1.75. The van der Waals surface area contributed by atoms with E-state index in [0.717, 1.165) is 56.0 Å². The van der Waals surface area contributed by atoms with Gasteiger partial charge in [0.15, 0.2) is 11.5 Å². The number of ether oxygens (including phenoxy) is 2. The average Bonchev–Trinajstić information content (AvgIpc) is 2.56. The van der Waals surface area contributed by atoms with Gasteiger partial charge in [0.2, 0.25) is 0 Å². The summed E-state index contributed by atoms with van der Waals surface area (Å²) in [5.74, 6) is 0.670. The fourth-order valence-corrected chi connectivity index (χ4v) is 2.80. The molecular weight excluding hydrogens is 294 g/mol. The zero-order valence-corrected chi connectivity index (χ0v) is 14.2. The van der Waals surface area contributed by atoms with E-state index in [-0.39, 0.29) is 12.0 Å². The molecule has 0 saturated carbocycles. The lowest BCUT2D eigenvalue weighted by Gasteiger charge is -2.30. The summed E-state index contributed by atoms with van der Waals surface area (Å²) >= 11 is 0. The Balaban J connectivity index is 1.97. The standard InChI is InChI=1S/C18H27NO4/c1-4-13(2)23-16-6-5-14(11-17(16)22-3)12-19-9-7-15(8-10-19)18(20)21/h5-6,11,13,15H,4,7-10,12H2,1-3H3,(H,20,21). The summed E-state index contributed by atoms with van der Waals surface area (Å²) in [4.78, 5) is 13.3. The third-order valence-electron chi connectivity index (χ3n) is 4.47. The Morgan fingerprint density at radius 1 is 1.35 bits per heavy atom. The summed E-state index contributed by atoms with van der Waals surface area (Å²) in [5.41, 5.74) is 1.16. The molecule has 23 heavy (non-hydrogen) atoms. The first kappa shape index (κ1) is 17.6. The van der Waals surface area contributed by atoms with Crippen molar-refractivity contribution in [3.8, 4) is 11.5 Å². The fraction of sp³-hybridized carbons (Fsp3) is 0.611. The van der Waals surface area contributed by atoms with Crippen molar-refractivity contribution in [2.75, 3.05) is 20.2 Å². The van der Waals surface area contributed by atoms with E-state index >= 15 is 0 Å². The molecule has 1 heterocycles. The molecule has 0 aliphatic carbocycles. The van der Waals surface area contributed by atoms with Crippen molar-refractivity contribution in [1.29, 1.82) is 0 Å². The Labute approximate surface area is 138 Å². The number of carboxylic acids is 1. The molecule has 1 fully saturated rings. The summed E-state index contributed by atoms with van der Waals surface area (Å²) in [6, 6.07) is 6.04. The molecule has 0 radical (unpaired) electrons. The predicted molar refractivity (Wildman–Crippen MR) is 89.0 cm³/mol. The predicted octanol–water partition coefficient (Wildman–Crippen LogP) is 3.17. The van der Waals surface area contributed by atoms with Crippen molar-refractivity contribution in [3.05, 3.63) is 23.8 Å². The van der Waals surface area contributed by atoms with Crippen molar-refractivity contribution < 1.29 is 19.4 Å². The smallest absolute Gasteiger partial charge is 0.306 e. The highest BCUT2D eigenvalue weighted by Gasteiger charge is 2.24. The van der Waals surface area contributed by atoms with Gasteiger partial charge in [-0.1, -0.05) is 13.0 Å². The molecular formula is C18H27NO4. The molecule has 0 aromatic heterocycles. The van der Waals surface area contributed by atoms with E-state index < -0.39 is 5.97 Å². The zero-order valence-electron chi connectivity index (χ0n) is 14.2. The van der Waals surface area contributed by atoms with Crippen LogP contribution in [0.2, 0.25) is 0 Å². The monoisotopic (exact) mass is 321 g/mol. The maximum Gasteiger partial charge on any atom is 0.306 e. The first-order chi connectivity index (χ1) is 11.0.